The summed E-state index contributed by atoms with van der Waals surface area (Å²) < 4.78 is 29.8. The molecule has 1 aromatic carbocycles. The van der Waals surface area contributed by atoms with Crippen LogP contribution >= 0.6 is 23.2 Å². The summed E-state index contributed by atoms with van der Waals surface area (Å²) in [5.74, 6) is -1.82. The number of rotatable bonds is 2. The predicted octanol–water partition coefficient (Wildman–Crippen LogP) is 4.67. The molecule has 0 saturated heterocycles. The fourth-order valence-corrected chi connectivity index (χ4v) is 2.82. The zero-order chi connectivity index (χ0) is 16.7. The molecule has 0 amide bonds. The molecule has 0 atom stereocenters. The number of fused-ring (bicyclic) bond motifs is 1. The lowest BCUT2D eigenvalue weighted by molar-refractivity contribution is 0.589. The van der Waals surface area contributed by atoms with Crippen molar-refractivity contribution in [1.29, 1.82) is 0 Å². The van der Waals surface area contributed by atoms with E-state index < -0.39 is 22.8 Å². The van der Waals surface area contributed by atoms with Crippen LogP contribution in [-0.2, 0) is 6.54 Å². The Hall–Kier alpha value is -1.98. The van der Waals surface area contributed by atoms with Crippen molar-refractivity contribution in [1.82, 2.24) is 9.55 Å². The molecule has 0 fully saturated rings. The van der Waals surface area contributed by atoms with Crippen molar-refractivity contribution < 1.29 is 8.78 Å². The fraction of sp³-hybridized carbons (Fsp3) is 0.125. The fourth-order valence-electron chi connectivity index (χ4n) is 2.51. The van der Waals surface area contributed by atoms with Crippen LogP contribution in [0.15, 0.2) is 35.3 Å². The number of aryl methyl sites for hydroxylation is 1. The molecule has 2 heterocycles. The maximum absolute atomic E-state index is 14.3. The lowest BCUT2D eigenvalue weighted by Gasteiger charge is -2.12. The van der Waals surface area contributed by atoms with Crippen LogP contribution < -0.4 is 5.56 Å². The van der Waals surface area contributed by atoms with Gasteiger partial charge in [-0.05, 0) is 31.2 Å². The molecule has 23 heavy (non-hydrogen) atoms. The van der Waals surface area contributed by atoms with Crippen LogP contribution in [-0.4, -0.2) is 9.55 Å². The van der Waals surface area contributed by atoms with E-state index in [1.807, 2.05) is 0 Å². The van der Waals surface area contributed by atoms with E-state index in [2.05, 4.69) is 4.98 Å². The highest BCUT2D eigenvalue weighted by Gasteiger charge is 2.20. The number of nitrogens with zero attached hydrogens (tertiary/aromatic N) is 2. The van der Waals surface area contributed by atoms with Gasteiger partial charge in [0.05, 0.1) is 21.7 Å². The zero-order valence-electron chi connectivity index (χ0n) is 11.9. The third-order valence-electron chi connectivity index (χ3n) is 3.57. The predicted molar refractivity (Wildman–Crippen MR) is 87.0 cm³/mol. The zero-order valence-corrected chi connectivity index (χ0v) is 13.4. The van der Waals surface area contributed by atoms with Gasteiger partial charge in [0.15, 0.2) is 5.82 Å². The van der Waals surface area contributed by atoms with Gasteiger partial charge < -0.3 is 4.57 Å². The van der Waals surface area contributed by atoms with E-state index in [-0.39, 0.29) is 15.7 Å². The summed E-state index contributed by atoms with van der Waals surface area (Å²) in [5.41, 5.74) is -0.533. The van der Waals surface area contributed by atoms with Crippen molar-refractivity contribution in [3.05, 3.63) is 62.6 Å². The largest absolute Gasteiger partial charge is 0.308 e. The Morgan fingerprint density at radius 3 is 2.65 bits per heavy atom. The normalized spacial score (nSPS) is 11.2. The second-order valence-electron chi connectivity index (χ2n) is 4.89. The van der Waals surface area contributed by atoms with Crippen LogP contribution in [0.4, 0.5) is 8.78 Å². The molecular weight excluding hydrogens is 345 g/mol. The maximum Gasteiger partial charge on any atom is 0.259 e. The molecular formula is C16H10Cl2F2N2O. The summed E-state index contributed by atoms with van der Waals surface area (Å²) in [7, 11) is 0. The van der Waals surface area contributed by atoms with E-state index >= 15 is 0 Å². The summed E-state index contributed by atoms with van der Waals surface area (Å²) in [6.07, 6.45) is 1.45. The minimum absolute atomic E-state index is 0.110. The van der Waals surface area contributed by atoms with Gasteiger partial charge in [0.25, 0.3) is 5.56 Å². The monoisotopic (exact) mass is 354 g/mol. The molecule has 0 N–H and O–H groups in total. The number of aromatic nitrogens is 2. The molecule has 7 heteroatoms. The van der Waals surface area contributed by atoms with E-state index in [1.54, 1.807) is 6.92 Å². The first kappa shape index (κ1) is 15.9. The first-order valence-electron chi connectivity index (χ1n) is 6.77. The highest BCUT2D eigenvalue weighted by Crippen LogP contribution is 2.30. The van der Waals surface area contributed by atoms with E-state index in [4.69, 9.17) is 23.2 Å². The number of hydrogen-bond acceptors (Lipinski definition) is 2. The van der Waals surface area contributed by atoms with Crippen LogP contribution in [0.3, 0.4) is 0 Å². The number of pyridine rings is 2. The highest BCUT2D eigenvalue weighted by atomic mass is 35.5. The van der Waals surface area contributed by atoms with Crippen molar-refractivity contribution in [2.75, 3.05) is 0 Å². The quantitative estimate of drug-likeness (QED) is 0.495. The van der Waals surface area contributed by atoms with Crippen molar-refractivity contribution in [3.63, 3.8) is 0 Å². The van der Waals surface area contributed by atoms with E-state index in [0.29, 0.717) is 17.4 Å². The average molecular weight is 355 g/mol. The van der Waals surface area contributed by atoms with Crippen molar-refractivity contribution in [2.45, 2.75) is 13.5 Å². The SMILES string of the molecule is CCn1c(=O)c(-c2c(F)ccc(Cl)c2F)cc2cnc(Cl)cc21. The van der Waals surface area contributed by atoms with Gasteiger partial charge in [-0.1, -0.05) is 23.2 Å². The molecule has 0 aliphatic carbocycles. The Labute approximate surface area is 140 Å². The average Bonchev–Trinajstić information content (AvgIpc) is 2.52. The lowest BCUT2D eigenvalue weighted by atomic mass is 10.0. The van der Waals surface area contributed by atoms with Gasteiger partial charge in [-0.25, -0.2) is 13.8 Å². The molecule has 118 valence electrons. The second kappa shape index (κ2) is 5.91. The Bertz CT molecular complexity index is 986. The molecule has 0 unspecified atom stereocenters. The Balaban J connectivity index is 2.45. The van der Waals surface area contributed by atoms with Gasteiger partial charge in [-0.3, -0.25) is 4.79 Å². The van der Waals surface area contributed by atoms with Gasteiger partial charge >= 0.3 is 0 Å². The Morgan fingerprint density at radius 2 is 1.96 bits per heavy atom. The summed E-state index contributed by atoms with van der Waals surface area (Å²) in [4.78, 5) is 16.6. The third kappa shape index (κ3) is 2.60. The van der Waals surface area contributed by atoms with Crippen LogP contribution in [0.1, 0.15) is 6.92 Å². The second-order valence-corrected chi connectivity index (χ2v) is 5.69. The highest BCUT2D eigenvalue weighted by molar-refractivity contribution is 6.31. The van der Waals surface area contributed by atoms with E-state index in [0.717, 1.165) is 12.1 Å². The maximum atomic E-state index is 14.3. The topological polar surface area (TPSA) is 34.9 Å². The smallest absolute Gasteiger partial charge is 0.259 e. The molecule has 0 bridgehead atoms. The van der Waals surface area contributed by atoms with Gasteiger partial charge in [0.2, 0.25) is 0 Å². The lowest BCUT2D eigenvalue weighted by Crippen LogP contribution is -2.22. The van der Waals surface area contributed by atoms with Gasteiger partial charge in [0.1, 0.15) is 11.0 Å². The first-order valence-corrected chi connectivity index (χ1v) is 7.52. The summed E-state index contributed by atoms with van der Waals surface area (Å²) in [6.45, 7) is 2.07. The molecule has 3 nitrogen and oxygen atoms in total. The van der Waals surface area contributed by atoms with Crippen molar-refractivity contribution in [2.24, 2.45) is 0 Å². The van der Waals surface area contributed by atoms with E-state index in [9.17, 15) is 13.6 Å². The van der Waals surface area contributed by atoms with Gasteiger partial charge in [0, 0.05) is 18.1 Å². The Kier molecular flexibility index (Phi) is 4.08. The van der Waals surface area contributed by atoms with Crippen LogP contribution in [0.5, 0.6) is 0 Å². The molecule has 0 aliphatic rings. The van der Waals surface area contributed by atoms with Gasteiger partial charge in [-0.15, -0.1) is 0 Å². The van der Waals surface area contributed by atoms with Crippen LogP contribution in [0.25, 0.3) is 22.0 Å². The summed E-state index contributed by atoms with van der Waals surface area (Å²) in [5, 5.41) is 0.523. The van der Waals surface area contributed by atoms with E-state index in [1.165, 1.54) is 22.9 Å². The minimum Gasteiger partial charge on any atom is -0.308 e. The molecule has 3 aromatic rings. The standard InChI is InChI=1S/C16H10Cl2F2N2O/c1-2-22-12-6-13(18)21-7-8(12)5-9(16(22)23)14-11(19)4-3-10(17)15(14)20/h3-7H,2H2,1H3. The molecule has 2 aromatic heterocycles. The van der Waals surface area contributed by atoms with Crippen LogP contribution in [0, 0.1) is 11.6 Å². The Morgan fingerprint density at radius 1 is 1.22 bits per heavy atom. The molecule has 0 spiro atoms. The molecule has 0 radical (unpaired) electrons. The number of hydrogen-bond donors (Lipinski definition) is 0. The van der Waals surface area contributed by atoms with Crippen molar-refractivity contribution >= 4 is 34.1 Å². The first-order chi connectivity index (χ1) is 10.9. The minimum atomic E-state index is -0.965. The number of benzene rings is 1. The van der Waals surface area contributed by atoms with Crippen molar-refractivity contribution in [3.8, 4) is 11.1 Å². The van der Waals surface area contributed by atoms with Crippen LogP contribution in [0.2, 0.25) is 10.2 Å². The van der Waals surface area contributed by atoms with Gasteiger partial charge in [-0.2, -0.15) is 0 Å². The summed E-state index contributed by atoms with van der Waals surface area (Å²) >= 11 is 11.6. The molecule has 3 rings (SSSR count). The molecule has 0 saturated carbocycles. The third-order valence-corrected chi connectivity index (χ3v) is 4.07. The summed E-state index contributed by atoms with van der Waals surface area (Å²) in [6, 6.07) is 5.07. The number of halogens is 4. The molecule has 0 aliphatic heterocycles.